The molecule has 1 atom stereocenters. The molecule has 6 nitrogen and oxygen atoms in total. The number of benzene rings is 2. The predicted molar refractivity (Wildman–Crippen MR) is 109 cm³/mol. The van der Waals surface area contributed by atoms with Crippen molar-refractivity contribution >= 4 is 34.3 Å². The van der Waals surface area contributed by atoms with E-state index in [1.54, 1.807) is 24.3 Å². The zero-order chi connectivity index (χ0) is 20.8. The summed E-state index contributed by atoms with van der Waals surface area (Å²) in [5, 5.41) is 19.9. The highest BCUT2D eigenvalue weighted by Crippen LogP contribution is 2.22. The van der Waals surface area contributed by atoms with Crippen molar-refractivity contribution in [2.45, 2.75) is 24.3 Å². The van der Waals surface area contributed by atoms with Gasteiger partial charge < -0.3 is 14.8 Å². The molecule has 0 bridgehead atoms. The van der Waals surface area contributed by atoms with Gasteiger partial charge in [0.2, 0.25) is 0 Å². The Morgan fingerprint density at radius 3 is 2.72 bits per heavy atom. The minimum atomic E-state index is -0.999. The number of aliphatic hydroxyl groups is 1. The fourth-order valence-corrected chi connectivity index (χ4v) is 3.43. The largest absolute Gasteiger partial charge is 0.507 e. The number of allylic oxidation sites excluding steroid dienone is 1. The van der Waals surface area contributed by atoms with Crippen LogP contribution in [-0.2, 0) is 9.53 Å². The van der Waals surface area contributed by atoms with Crippen LogP contribution < -0.4 is 0 Å². The van der Waals surface area contributed by atoms with Gasteiger partial charge in [-0.2, -0.15) is 5.26 Å². The number of rotatable bonds is 7. The Labute approximate surface area is 171 Å². The topological polar surface area (TPSA) is 99.0 Å². The Kier molecular flexibility index (Phi) is 6.52. The highest BCUT2D eigenvalue weighted by atomic mass is 32.2. The number of halogens is 1. The third-order valence-corrected chi connectivity index (χ3v) is 5.09. The zero-order valence-corrected chi connectivity index (χ0v) is 16.4. The van der Waals surface area contributed by atoms with Crippen LogP contribution in [0.4, 0.5) is 4.39 Å². The number of hydrogen-bond donors (Lipinski definition) is 2. The Hall–Kier alpha value is -3.31. The summed E-state index contributed by atoms with van der Waals surface area (Å²) in [7, 11) is 0. The van der Waals surface area contributed by atoms with Crippen LogP contribution in [0, 0.1) is 17.1 Å². The summed E-state index contributed by atoms with van der Waals surface area (Å²) in [6.45, 7) is 1.49. The van der Waals surface area contributed by atoms with Crippen LogP contribution in [0.15, 0.2) is 59.2 Å². The van der Waals surface area contributed by atoms with Gasteiger partial charge in [-0.1, -0.05) is 12.1 Å². The molecule has 0 aliphatic carbocycles. The number of fused-ring (bicyclic) bond motifs is 1. The standard InChI is InChI=1S/C21H18FN3O3S/c1-13(28-19(26)10-11-29-15-8-6-14(22)7-9-15)20(27)16(12-23)21-24-17-4-2-3-5-18(17)25-21/h2-9,13,27H,10-11H2,1H3,(H,24,25)/b20-16-/t13-/m0/s1. The third kappa shape index (κ3) is 5.15. The summed E-state index contributed by atoms with van der Waals surface area (Å²) in [5.74, 6) is -0.550. The highest BCUT2D eigenvalue weighted by Gasteiger charge is 2.21. The van der Waals surface area contributed by atoms with E-state index in [-0.39, 0.29) is 29.4 Å². The van der Waals surface area contributed by atoms with Crippen LogP contribution in [0.5, 0.6) is 0 Å². The van der Waals surface area contributed by atoms with Crippen molar-refractivity contribution in [3.63, 3.8) is 0 Å². The smallest absolute Gasteiger partial charge is 0.307 e. The zero-order valence-electron chi connectivity index (χ0n) is 15.6. The number of aliphatic hydroxyl groups excluding tert-OH is 1. The van der Waals surface area contributed by atoms with Crippen LogP contribution in [0.2, 0.25) is 0 Å². The molecule has 29 heavy (non-hydrogen) atoms. The van der Waals surface area contributed by atoms with E-state index < -0.39 is 12.1 Å². The molecule has 0 spiro atoms. The maximum atomic E-state index is 12.9. The average Bonchev–Trinajstić information content (AvgIpc) is 3.13. The molecule has 1 heterocycles. The summed E-state index contributed by atoms with van der Waals surface area (Å²) in [6, 6.07) is 15.1. The molecule has 1 aromatic heterocycles. The number of imidazole rings is 1. The van der Waals surface area contributed by atoms with Crippen LogP contribution in [0.25, 0.3) is 16.6 Å². The molecule has 0 aliphatic rings. The fraction of sp³-hybridized carbons (Fsp3) is 0.190. The SMILES string of the molecule is C[C@H](OC(=O)CCSc1ccc(F)cc1)/C(O)=C(\C#N)c1nc2ccccc2[nH]1. The number of H-pyrrole nitrogens is 1. The molecule has 3 rings (SSSR count). The van der Waals surface area contributed by atoms with Crippen LogP contribution >= 0.6 is 11.8 Å². The van der Waals surface area contributed by atoms with Gasteiger partial charge in [0, 0.05) is 10.6 Å². The summed E-state index contributed by atoms with van der Waals surface area (Å²) < 4.78 is 18.1. The average molecular weight is 411 g/mol. The van der Waals surface area contributed by atoms with Gasteiger partial charge in [0.15, 0.2) is 17.7 Å². The first-order valence-corrected chi connectivity index (χ1v) is 9.82. The number of thioether (sulfide) groups is 1. The quantitative estimate of drug-likeness (QED) is 0.255. The molecule has 0 amide bonds. The molecule has 0 aliphatic heterocycles. The number of hydrogen-bond acceptors (Lipinski definition) is 6. The summed E-state index contributed by atoms with van der Waals surface area (Å²) in [5.41, 5.74) is 1.30. The Bertz CT molecular complexity index is 1050. The molecule has 0 fully saturated rings. The molecule has 2 aromatic carbocycles. The number of nitrogens with zero attached hydrogens (tertiary/aromatic N) is 2. The minimum absolute atomic E-state index is 0.0813. The predicted octanol–water partition coefficient (Wildman–Crippen LogP) is 4.61. The van der Waals surface area contributed by atoms with E-state index in [2.05, 4.69) is 9.97 Å². The Morgan fingerprint density at radius 1 is 1.31 bits per heavy atom. The van der Waals surface area contributed by atoms with Crippen molar-refractivity contribution in [2.24, 2.45) is 0 Å². The molecular formula is C21H18FN3O3S. The van der Waals surface area contributed by atoms with Gasteiger partial charge in [-0.15, -0.1) is 11.8 Å². The lowest BCUT2D eigenvalue weighted by molar-refractivity contribution is -0.147. The number of ether oxygens (including phenoxy) is 1. The summed E-state index contributed by atoms with van der Waals surface area (Å²) >= 11 is 1.39. The number of nitriles is 1. The van der Waals surface area contributed by atoms with E-state index >= 15 is 0 Å². The lowest BCUT2D eigenvalue weighted by Gasteiger charge is -2.13. The number of aromatic nitrogens is 2. The molecule has 3 aromatic rings. The number of carbonyl (C=O) groups is 1. The van der Waals surface area contributed by atoms with Crippen molar-refractivity contribution in [2.75, 3.05) is 5.75 Å². The van der Waals surface area contributed by atoms with Crippen molar-refractivity contribution in [1.29, 1.82) is 5.26 Å². The van der Waals surface area contributed by atoms with Gasteiger partial charge in [-0.3, -0.25) is 4.79 Å². The molecule has 2 N–H and O–H groups in total. The molecular weight excluding hydrogens is 393 g/mol. The van der Waals surface area contributed by atoms with Crippen molar-refractivity contribution in [1.82, 2.24) is 9.97 Å². The minimum Gasteiger partial charge on any atom is -0.507 e. The van der Waals surface area contributed by atoms with Gasteiger partial charge in [0.25, 0.3) is 0 Å². The third-order valence-electron chi connectivity index (χ3n) is 4.08. The number of para-hydroxylation sites is 2. The van der Waals surface area contributed by atoms with E-state index in [9.17, 15) is 19.6 Å². The number of carbonyl (C=O) groups excluding carboxylic acids is 1. The normalized spacial score (nSPS) is 12.9. The number of aromatic amines is 1. The maximum Gasteiger partial charge on any atom is 0.307 e. The van der Waals surface area contributed by atoms with Crippen molar-refractivity contribution < 1.29 is 19.0 Å². The molecule has 0 saturated heterocycles. The monoisotopic (exact) mass is 411 g/mol. The lowest BCUT2D eigenvalue weighted by atomic mass is 10.2. The second kappa shape index (κ2) is 9.26. The fourth-order valence-electron chi connectivity index (χ4n) is 2.60. The lowest BCUT2D eigenvalue weighted by Crippen LogP contribution is -2.18. The first-order chi connectivity index (χ1) is 14.0. The Balaban J connectivity index is 1.61. The Morgan fingerprint density at radius 2 is 2.03 bits per heavy atom. The van der Waals surface area contributed by atoms with Crippen LogP contribution in [0.1, 0.15) is 19.2 Å². The molecule has 0 unspecified atom stereocenters. The highest BCUT2D eigenvalue weighted by molar-refractivity contribution is 7.99. The molecule has 0 saturated carbocycles. The summed E-state index contributed by atoms with van der Waals surface area (Å²) in [4.78, 5) is 20.2. The van der Waals surface area contributed by atoms with E-state index in [1.165, 1.54) is 30.8 Å². The van der Waals surface area contributed by atoms with Gasteiger partial charge in [-0.25, -0.2) is 9.37 Å². The molecule has 148 valence electrons. The van der Waals surface area contributed by atoms with Gasteiger partial charge in [-0.05, 0) is 43.3 Å². The van der Waals surface area contributed by atoms with Crippen molar-refractivity contribution in [3.05, 3.63) is 65.9 Å². The molecule has 8 heteroatoms. The van der Waals surface area contributed by atoms with Gasteiger partial charge >= 0.3 is 5.97 Å². The second-order valence-corrected chi connectivity index (χ2v) is 7.33. The second-order valence-electron chi connectivity index (χ2n) is 6.16. The summed E-state index contributed by atoms with van der Waals surface area (Å²) in [6.07, 6.45) is -0.896. The first kappa shape index (κ1) is 20.4. The van der Waals surface area contributed by atoms with Gasteiger partial charge in [0.05, 0.1) is 17.5 Å². The first-order valence-electron chi connectivity index (χ1n) is 8.84. The van der Waals surface area contributed by atoms with E-state index in [0.717, 1.165) is 10.4 Å². The van der Waals surface area contributed by atoms with Crippen molar-refractivity contribution in [3.8, 4) is 6.07 Å². The van der Waals surface area contributed by atoms with E-state index in [4.69, 9.17) is 4.74 Å². The van der Waals surface area contributed by atoms with E-state index in [1.807, 2.05) is 18.2 Å². The van der Waals surface area contributed by atoms with Gasteiger partial charge in [0.1, 0.15) is 17.5 Å². The molecule has 0 radical (unpaired) electrons. The maximum absolute atomic E-state index is 12.9. The number of nitrogens with one attached hydrogen (secondary N) is 1. The van der Waals surface area contributed by atoms with Crippen LogP contribution in [0.3, 0.4) is 0 Å². The van der Waals surface area contributed by atoms with Crippen LogP contribution in [-0.4, -0.2) is 32.9 Å². The van der Waals surface area contributed by atoms with E-state index in [0.29, 0.717) is 11.3 Å². The number of esters is 1.